The number of carbonyl (C=O) groups excluding carboxylic acids is 1. The van der Waals surface area contributed by atoms with E-state index >= 15 is 0 Å². The third-order valence-corrected chi connectivity index (χ3v) is 4.83. The molecule has 0 aliphatic rings. The van der Waals surface area contributed by atoms with Crippen LogP contribution in [0.1, 0.15) is 30.4 Å². The van der Waals surface area contributed by atoms with Crippen LogP contribution in [0.15, 0.2) is 42.5 Å². The Kier molecular flexibility index (Phi) is 8.26. The molecule has 7 heteroatoms. The van der Waals surface area contributed by atoms with E-state index in [0.29, 0.717) is 29.4 Å². The highest BCUT2D eigenvalue weighted by atomic mass is 35.5. The van der Waals surface area contributed by atoms with Gasteiger partial charge in [0.05, 0.1) is 14.2 Å². The summed E-state index contributed by atoms with van der Waals surface area (Å²) in [6.07, 6.45) is 1.60. The molecule has 0 fully saturated rings. The van der Waals surface area contributed by atoms with Gasteiger partial charge in [-0.3, -0.25) is 14.9 Å². The molecule has 2 rings (SSSR count). The van der Waals surface area contributed by atoms with Gasteiger partial charge in [-0.1, -0.05) is 29.8 Å². The van der Waals surface area contributed by atoms with E-state index in [-0.39, 0.29) is 30.0 Å². The van der Waals surface area contributed by atoms with Gasteiger partial charge in [0.1, 0.15) is 5.78 Å². The van der Waals surface area contributed by atoms with E-state index in [1.54, 1.807) is 30.3 Å². The number of hydrogen-bond acceptors (Lipinski definition) is 5. The number of nitro groups is 1. The molecule has 2 aromatic rings. The highest BCUT2D eigenvalue weighted by molar-refractivity contribution is 6.30. The minimum absolute atomic E-state index is 0.0223. The van der Waals surface area contributed by atoms with Crippen molar-refractivity contribution in [3.63, 3.8) is 0 Å². The molecule has 0 aliphatic heterocycles. The molecule has 6 nitrogen and oxygen atoms in total. The number of Topliss-reactive ketones (excluding diaryl/α,β-unsaturated/α-hetero) is 1. The highest BCUT2D eigenvalue weighted by Crippen LogP contribution is 2.28. The van der Waals surface area contributed by atoms with Crippen molar-refractivity contribution in [2.45, 2.75) is 38.1 Å². The smallest absolute Gasteiger partial charge is 0.217 e. The van der Waals surface area contributed by atoms with Crippen LogP contribution in [0.5, 0.6) is 11.5 Å². The number of carbonyl (C=O) groups is 1. The standard InChI is InChI=1S/C21H24ClNO5/c1-27-20-12-6-16(14-21(20)28-2)13-18(23(25)26)9-11-19(24)10-5-15-3-7-17(22)8-4-15/h3-4,6-8,12,14,18H,5,9-11,13H2,1-2H3. The zero-order valence-electron chi connectivity index (χ0n) is 16.0. The van der Waals surface area contributed by atoms with Gasteiger partial charge in [0.2, 0.25) is 6.04 Å². The van der Waals surface area contributed by atoms with Crippen molar-refractivity contribution in [3.8, 4) is 11.5 Å². The number of rotatable bonds is 11. The second-order valence-corrected chi connectivity index (χ2v) is 6.97. The van der Waals surface area contributed by atoms with Crippen molar-refractivity contribution in [3.05, 3.63) is 68.7 Å². The maximum atomic E-state index is 12.2. The first kappa shape index (κ1) is 21.7. The Morgan fingerprint density at radius 3 is 2.29 bits per heavy atom. The predicted molar refractivity (Wildman–Crippen MR) is 108 cm³/mol. The van der Waals surface area contributed by atoms with Crippen LogP contribution in [-0.2, 0) is 17.6 Å². The fourth-order valence-corrected chi connectivity index (χ4v) is 3.08. The van der Waals surface area contributed by atoms with E-state index in [1.807, 2.05) is 12.1 Å². The maximum Gasteiger partial charge on any atom is 0.217 e. The van der Waals surface area contributed by atoms with E-state index < -0.39 is 6.04 Å². The molecular weight excluding hydrogens is 382 g/mol. The largest absolute Gasteiger partial charge is 0.493 e. The average Bonchev–Trinajstić information content (AvgIpc) is 2.70. The van der Waals surface area contributed by atoms with Crippen LogP contribution in [0.4, 0.5) is 0 Å². The molecule has 0 radical (unpaired) electrons. The topological polar surface area (TPSA) is 78.7 Å². The van der Waals surface area contributed by atoms with E-state index in [2.05, 4.69) is 0 Å². The molecule has 0 spiro atoms. The molecule has 0 saturated carbocycles. The van der Waals surface area contributed by atoms with Crippen LogP contribution in [0.25, 0.3) is 0 Å². The quantitative estimate of drug-likeness (QED) is 0.405. The lowest BCUT2D eigenvalue weighted by atomic mass is 9.98. The van der Waals surface area contributed by atoms with E-state index in [9.17, 15) is 14.9 Å². The lowest BCUT2D eigenvalue weighted by Crippen LogP contribution is -2.23. The van der Waals surface area contributed by atoms with E-state index in [1.165, 1.54) is 14.2 Å². The minimum Gasteiger partial charge on any atom is -0.493 e. The van der Waals surface area contributed by atoms with Gasteiger partial charge in [-0.2, -0.15) is 0 Å². The monoisotopic (exact) mass is 405 g/mol. The Morgan fingerprint density at radius 1 is 1.04 bits per heavy atom. The Hall–Kier alpha value is -2.60. The number of methoxy groups -OCH3 is 2. The number of benzene rings is 2. The molecule has 0 aromatic heterocycles. The van der Waals surface area contributed by atoms with Gasteiger partial charge in [-0.15, -0.1) is 0 Å². The number of ether oxygens (including phenoxy) is 2. The Morgan fingerprint density at radius 2 is 1.68 bits per heavy atom. The summed E-state index contributed by atoms with van der Waals surface area (Å²) >= 11 is 5.85. The first-order valence-corrected chi connectivity index (χ1v) is 9.41. The third kappa shape index (κ3) is 6.53. The molecule has 0 bridgehead atoms. The summed E-state index contributed by atoms with van der Waals surface area (Å²) in [6, 6.07) is 11.7. The van der Waals surface area contributed by atoms with Crippen LogP contribution in [0.2, 0.25) is 5.02 Å². The third-order valence-electron chi connectivity index (χ3n) is 4.58. The summed E-state index contributed by atoms with van der Waals surface area (Å²) in [6.45, 7) is 0. The van der Waals surface area contributed by atoms with Gasteiger partial charge >= 0.3 is 0 Å². The molecule has 0 amide bonds. The van der Waals surface area contributed by atoms with Crippen molar-refractivity contribution < 1.29 is 19.2 Å². The van der Waals surface area contributed by atoms with Crippen molar-refractivity contribution >= 4 is 17.4 Å². The average molecular weight is 406 g/mol. The van der Waals surface area contributed by atoms with Gasteiger partial charge in [0, 0.05) is 35.6 Å². The van der Waals surface area contributed by atoms with Gasteiger partial charge in [-0.25, -0.2) is 0 Å². The first-order valence-electron chi connectivity index (χ1n) is 9.03. The van der Waals surface area contributed by atoms with Crippen LogP contribution >= 0.6 is 11.6 Å². The molecule has 1 unspecified atom stereocenters. The molecule has 0 aliphatic carbocycles. The van der Waals surface area contributed by atoms with Crippen LogP contribution in [0, 0.1) is 10.1 Å². The summed E-state index contributed by atoms with van der Waals surface area (Å²) in [7, 11) is 3.05. The number of ketones is 1. The molecule has 0 N–H and O–H groups in total. The van der Waals surface area contributed by atoms with Crippen molar-refractivity contribution in [1.82, 2.24) is 0 Å². The fourth-order valence-electron chi connectivity index (χ4n) is 2.95. The highest BCUT2D eigenvalue weighted by Gasteiger charge is 2.22. The molecule has 1 atom stereocenters. The fraction of sp³-hybridized carbons (Fsp3) is 0.381. The summed E-state index contributed by atoms with van der Waals surface area (Å²) in [4.78, 5) is 23.3. The Balaban J connectivity index is 1.89. The van der Waals surface area contributed by atoms with Crippen LogP contribution in [0.3, 0.4) is 0 Å². The normalized spacial score (nSPS) is 11.7. The van der Waals surface area contributed by atoms with E-state index in [4.69, 9.17) is 21.1 Å². The Labute approximate surface area is 169 Å². The molecule has 2 aromatic carbocycles. The van der Waals surface area contributed by atoms with Gasteiger partial charge in [0.15, 0.2) is 11.5 Å². The predicted octanol–water partition coefficient (Wildman–Crippen LogP) is 4.53. The SMILES string of the molecule is COc1ccc(CC(CCC(=O)CCc2ccc(Cl)cc2)[N+](=O)[O-])cc1OC. The number of halogens is 1. The van der Waals surface area contributed by atoms with Crippen LogP contribution in [-0.4, -0.2) is 31.0 Å². The number of hydrogen-bond donors (Lipinski definition) is 0. The van der Waals surface area contributed by atoms with Crippen molar-refractivity contribution in [1.29, 1.82) is 0 Å². The zero-order valence-corrected chi connectivity index (χ0v) is 16.8. The number of nitrogens with zero attached hydrogens (tertiary/aromatic N) is 1. The van der Waals surface area contributed by atoms with Gasteiger partial charge in [0.25, 0.3) is 0 Å². The summed E-state index contributed by atoms with van der Waals surface area (Å²) in [5.41, 5.74) is 1.79. The molecule has 0 heterocycles. The molecule has 28 heavy (non-hydrogen) atoms. The zero-order chi connectivity index (χ0) is 20.5. The minimum atomic E-state index is -0.822. The molecule has 150 valence electrons. The number of aryl methyl sites for hydroxylation is 1. The Bertz CT molecular complexity index is 807. The first-order chi connectivity index (χ1) is 13.4. The van der Waals surface area contributed by atoms with Crippen molar-refractivity contribution in [2.75, 3.05) is 14.2 Å². The maximum absolute atomic E-state index is 12.2. The molecule has 0 saturated heterocycles. The van der Waals surface area contributed by atoms with Crippen molar-refractivity contribution in [2.24, 2.45) is 0 Å². The summed E-state index contributed by atoms with van der Waals surface area (Å²) in [5, 5.41) is 12.1. The second-order valence-electron chi connectivity index (χ2n) is 6.54. The second kappa shape index (κ2) is 10.7. The lowest BCUT2D eigenvalue weighted by Gasteiger charge is -2.12. The van der Waals surface area contributed by atoms with E-state index in [0.717, 1.165) is 11.1 Å². The van der Waals surface area contributed by atoms with Gasteiger partial charge in [-0.05, 0) is 41.8 Å². The summed E-state index contributed by atoms with van der Waals surface area (Å²) in [5.74, 6) is 1.12. The van der Waals surface area contributed by atoms with Crippen LogP contribution < -0.4 is 9.47 Å². The summed E-state index contributed by atoms with van der Waals surface area (Å²) < 4.78 is 10.4. The van der Waals surface area contributed by atoms with Gasteiger partial charge < -0.3 is 9.47 Å². The lowest BCUT2D eigenvalue weighted by molar-refractivity contribution is -0.522. The molecular formula is C21H24ClNO5.